The summed E-state index contributed by atoms with van der Waals surface area (Å²) in [5.41, 5.74) is 1.11. The van der Waals surface area contributed by atoms with E-state index in [1.165, 1.54) is 15.7 Å². The minimum atomic E-state index is -0.386. The maximum atomic E-state index is 11.4. The van der Waals surface area contributed by atoms with Gasteiger partial charge < -0.3 is 15.4 Å². The zero-order valence-corrected chi connectivity index (χ0v) is 12.9. The first-order valence-electron chi connectivity index (χ1n) is 7.12. The number of nitrogens with zero attached hydrogens (tertiary/aromatic N) is 3. The van der Waals surface area contributed by atoms with Crippen LogP contribution in [-0.4, -0.2) is 14.3 Å². The molecule has 3 aromatic rings. The first-order valence-corrected chi connectivity index (χ1v) is 8.00. The van der Waals surface area contributed by atoms with Crippen LogP contribution in [0.3, 0.4) is 0 Å². The highest BCUT2D eigenvalue weighted by atomic mass is 32.1. The molecule has 2 aromatic heterocycles. The van der Waals surface area contributed by atoms with Crippen molar-refractivity contribution in [3.05, 3.63) is 57.6 Å². The van der Waals surface area contributed by atoms with E-state index >= 15 is 0 Å². The van der Waals surface area contributed by atoms with E-state index in [1.54, 1.807) is 11.6 Å². The smallest absolute Gasteiger partial charge is 0.358 e. The number of fused-ring (bicyclic) bond motifs is 1. The third-order valence-corrected chi connectivity index (χ3v) is 4.26. The van der Waals surface area contributed by atoms with Crippen molar-refractivity contribution in [3.63, 3.8) is 0 Å². The quantitative estimate of drug-likeness (QED) is 0.545. The molecular weight excluding hydrogens is 300 g/mol. The zero-order chi connectivity index (χ0) is 15.5. The summed E-state index contributed by atoms with van der Waals surface area (Å²) in [6.45, 7) is 2.10. The molecule has 0 saturated heterocycles. The fourth-order valence-corrected chi connectivity index (χ4v) is 3.22. The van der Waals surface area contributed by atoms with Gasteiger partial charge in [-0.2, -0.15) is 9.38 Å². The minimum absolute atomic E-state index is 0.00622. The molecule has 6 nitrogen and oxygen atoms in total. The van der Waals surface area contributed by atoms with E-state index in [1.807, 2.05) is 30.3 Å². The van der Waals surface area contributed by atoms with E-state index in [0.717, 1.165) is 18.4 Å². The number of imidazole rings is 1. The fraction of sp³-hybridized carbons (Fsp3) is 0.267. The van der Waals surface area contributed by atoms with Crippen molar-refractivity contribution in [3.8, 4) is 0 Å². The van der Waals surface area contributed by atoms with Gasteiger partial charge in [0.05, 0.1) is 6.04 Å². The second-order valence-electron chi connectivity index (χ2n) is 4.99. The summed E-state index contributed by atoms with van der Waals surface area (Å²) in [4.78, 5) is 16.0. The van der Waals surface area contributed by atoms with Gasteiger partial charge in [0, 0.05) is 5.38 Å². The van der Waals surface area contributed by atoms with Crippen molar-refractivity contribution < 1.29 is 4.92 Å². The second-order valence-corrected chi connectivity index (χ2v) is 5.87. The lowest BCUT2D eigenvalue weighted by Gasteiger charge is -2.18. The molecule has 1 unspecified atom stereocenters. The molecule has 0 aliphatic heterocycles. The molecule has 3 rings (SSSR count). The summed E-state index contributed by atoms with van der Waals surface area (Å²) < 4.78 is 1.51. The number of rotatable bonds is 6. The van der Waals surface area contributed by atoms with Crippen LogP contribution < -0.4 is 5.32 Å². The van der Waals surface area contributed by atoms with Crippen molar-refractivity contribution >= 4 is 27.9 Å². The topological polar surface area (TPSA) is 72.5 Å². The van der Waals surface area contributed by atoms with Crippen LogP contribution in [0.2, 0.25) is 0 Å². The Labute approximate surface area is 131 Å². The summed E-state index contributed by atoms with van der Waals surface area (Å²) in [6.07, 6.45) is 3.53. The molecule has 0 aliphatic rings. The average molecular weight is 316 g/mol. The van der Waals surface area contributed by atoms with Crippen LogP contribution in [0.15, 0.2) is 41.9 Å². The lowest BCUT2D eigenvalue weighted by Crippen LogP contribution is -2.12. The highest BCUT2D eigenvalue weighted by molar-refractivity contribution is 7.15. The summed E-state index contributed by atoms with van der Waals surface area (Å²) >= 11 is 1.38. The number of nitro groups is 1. The largest absolute Gasteiger partial charge is 0.372 e. The molecule has 7 heteroatoms. The van der Waals surface area contributed by atoms with Crippen molar-refractivity contribution in [1.29, 1.82) is 0 Å². The molecule has 1 atom stereocenters. The first kappa shape index (κ1) is 14.5. The normalized spacial score (nSPS) is 12.4. The van der Waals surface area contributed by atoms with E-state index in [9.17, 15) is 10.1 Å². The number of hydrogen-bond acceptors (Lipinski definition) is 5. The van der Waals surface area contributed by atoms with Crippen LogP contribution in [-0.2, 0) is 0 Å². The Morgan fingerprint density at radius 3 is 2.86 bits per heavy atom. The maximum Gasteiger partial charge on any atom is 0.372 e. The Morgan fingerprint density at radius 2 is 2.18 bits per heavy atom. The summed E-state index contributed by atoms with van der Waals surface area (Å²) in [5, 5.41) is 16.4. The molecule has 0 radical (unpaired) electrons. The van der Waals surface area contributed by atoms with Gasteiger partial charge in [0.1, 0.15) is 6.20 Å². The molecule has 0 spiro atoms. The predicted molar refractivity (Wildman–Crippen MR) is 87.4 cm³/mol. The van der Waals surface area contributed by atoms with Crippen LogP contribution in [0.5, 0.6) is 0 Å². The molecule has 0 bridgehead atoms. The fourth-order valence-electron chi connectivity index (χ4n) is 2.51. The molecule has 0 fully saturated rings. The Kier molecular flexibility index (Phi) is 4.06. The number of aromatic nitrogens is 2. The Balaban J connectivity index is 1.98. The van der Waals surface area contributed by atoms with E-state index in [2.05, 4.69) is 17.2 Å². The summed E-state index contributed by atoms with van der Waals surface area (Å²) in [5.74, 6) is 0.326. The zero-order valence-electron chi connectivity index (χ0n) is 12.1. The number of thiazole rings is 1. The third kappa shape index (κ3) is 2.67. The van der Waals surface area contributed by atoms with Crippen molar-refractivity contribution in [2.24, 2.45) is 0 Å². The summed E-state index contributed by atoms with van der Waals surface area (Å²) in [6, 6.07) is 9.96. The molecule has 0 aliphatic carbocycles. The first-order chi connectivity index (χ1) is 10.7. The number of nitrogens with one attached hydrogen (secondary N) is 1. The van der Waals surface area contributed by atoms with Gasteiger partial charge in [-0.3, -0.25) is 0 Å². The molecule has 1 N–H and O–H groups in total. The van der Waals surface area contributed by atoms with Gasteiger partial charge in [-0.1, -0.05) is 55.0 Å². The lowest BCUT2D eigenvalue weighted by atomic mass is 10.0. The highest BCUT2D eigenvalue weighted by Crippen LogP contribution is 2.32. The van der Waals surface area contributed by atoms with Crippen molar-refractivity contribution in [2.45, 2.75) is 25.8 Å². The van der Waals surface area contributed by atoms with Crippen molar-refractivity contribution in [1.82, 2.24) is 9.38 Å². The minimum Gasteiger partial charge on any atom is -0.358 e. The van der Waals surface area contributed by atoms with Gasteiger partial charge in [0.15, 0.2) is 0 Å². The molecule has 0 saturated carbocycles. The lowest BCUT2D eigenvalue weighted by molar-refractivity contribution is -0.389. The van der Waals surface area contributed by atoms with Crippen molar-refractivity contribution in [2.75, 3.05) is 5.32 Å². The Bertz CT molecular complexity index is 781. The van der Waals surface area contributed by atoms with Gasteiger partial charge in [0.25, 0.3) is 4.96 Å². The van der Waals surface area contributed by atoms with E-state index in [0.29, 0.717) is 10.8 Å². The van der Waals surface area contributed by atoms with Crippen LogP contribution in [0.25, 0.3) is 4.96 Å². The standard InChI is InChI=1S/C15H16N4O2S/c1-2-6-12(11-7-4-3-5-8-11)16-13-14(19(20)21)18-9-10-22-15(18)17-13/h3-5,7-10,12,16H,2,6H2,1H3. The van der Waals surface area contributed by atoms with Gasteiger partial charge in [0.2, 0.25) is 5.82 Å². The van der Waals surface area contributed by atoms with Gasteiger partial charge in [-0.25, -0.2) is 0 Å². The third-order valence-electron chi connectivity index (χ3n) is 3.50. The predicted octanol–water partition coefficient (Wildman–Crippen LogP) is 4.26. The molecule has 114 valence electrons. The highest BCUT2D eigenvalue weighted by Gasteiger charge is 2.25. The molecule has 22 heavy (non-hydrogen) atoms. The number of anilines is 1. The Morgan fingerprint density at radius 1 is 1.41 bits per heavy atom. The van der Waals surface area contributed by atoms with E-state index in [-0.39, 0.29) is 16.8 Å². The SMILES string of the molecule is CCCC(Nc1nc2sccn2c1[N+](=O)[O-])c1ccccc1. The average Bonchev–Trinajstić information content (AvgIpc) is 3.07. The number of benzene rings is 1. The van der Waals surface area contributed by atoms with Gasteiger partial charge in [-0.05, 0) is 16.9 Å². The van der Waals surface area contributed by atoms with Crippen LogP contribution >= 0.6 is 11.3 Å². The molecule has 1 aromatic carbocycles. The monoisotopic (exact) mass is 316 g/mol. The van der Waals surface area contributed by atoms with Crippen LogP contribution in [0, 0.1) is 10.1 Å². The van der Waals surface area contributed by atoms with E-state index < -0.39 is 0 Å². The molecule has 0 amide bonds. The van der Waals surface area contributed by atoms with Gasteiger partial charge in [-0.15, -0.1) is 0 Å². The summed E-state index contributed by atoms with van der Waals surface area (Å²) in [7, 11) is 0. The van der Waals surface area contributed by atoms with Crippen LogP contribution in [0.4, 0.5) is 11.6 Å². The molecule has 2 heterocycles. The van der Waals surface area contributed by atoms with Gasteiger partial charge >= 0.3 is 5.82 Å². The number of hydrogen-bond donors (Lipinski definition) is 1. The Hall–Kier alpha value is -2.41. The molecular formula is C15H16N4O2S. The second kappa shape index (κ2) is 6.15. The maximum absolute atomic E-state index is 11.4. The van der Waals surface area contributed by atoms with Crippen LogP contribution in [0.1, 0.15) is 31.4 Å². The van der Waals surface area contributed by atoms with E-state index in [4.69, 9.17) is 0 Å².